The quantitative estimate of drug-likeness (QED) is 0.851. The van der Waals surface area contributed by atoms with Gasteiger partial charge in [0.1, 0.15) is 6.73 Å². The normalized spacial score (nSPS) is 14.2. The van der Waals surface area contributed by atoms with Crippen molar-refractivity contribution in [2.24, 2.45) is 0 Å². The molecule has 0 spiro atoms. The number of nitrogens with zero attached hydrogens (tertiary/aromatic N) is 1. The van der Waals surface area contributed by atoms with Gasteiger partial charge in [-0.2, -0.15) is 0 Å². The van der Waals surface area contributed by atoms with Crippen molar-refractivity contribution < 1.29 is 9.53 Å². The molecule has 2 aromatic carbocycles. The van der Waals surface area contributed by atoms with E-state index in [9.17, 15) is 4.79 Å². The molecule has 0 saturated heterocycles. The van der Waals surface area contributed by atoms with Crippen LogP contribution in [0.3, 0.4) is 0 Å². The Balaban J connectivity index is 1.66. The number of fused-ring (bicyclic) bond motifs is 1. The maximum Gasteiger partial charge on any atom is 0.229 e. The van der Waals surface area contributed by atoms with Crippen molar-refractivity contribution in [2.75, 3.05) is 11.6 Å². The Morgan fingerprint density at radius 3 is 2.55 bits per heavy atom. The Kier molecular flexibility index (Phi) is 3.79. The van der Waals surface area contributed by atoms with Gasteiger partial charge in [-0.1, -0.05) is 48.5 Å². The Bertz CT molecular complexity index is 595. The van der Waals surface area contributed by atoms with Gasteiger partial charge < -0.3 is 4.74 Å². The van der Waals surface area contributed by atoms with Crippen LogP contribution in [0.5, 0.6) is 0 Å². The second kappa shape index (κ2) is 5.88. The third-order valence-electron chi connectivity index (χ3n) is 3.52. The van der Waals surface area contributed by atoms with Crippen LogP contribution in [0.2, 0.25) is 0 Å². The lowest BCUT2D eigenvalue weighted by molar-refractivity contribution is -0.120. The van der Waals surface area contributed by atoms with E-state index in [-0.39, 0.29) is 5.91 Å². The summed E-state index contributed by atoms with van der Waals surface area (Å²) < 4.78 is 5.69. The van der Waals surface area contributed by atoms with E-state index in [4.69, 9.17) is 4.74 Å². The fourth-order valence-corrected chi connectivity index (χ4v) is 2.47. The Morgan fingerprint density at radius 1 is 0.950 bits per heavy atom. The first-order valence-electron chi connectivity index (χ1n) is 6.84. The van der Waals surface area contributed by atoms with Gasteiger partial charge >= 0.3 is 0 Å². The number of amides is 1. The standard InChI is InChI=1S/C17H17NO2/c19-17-11-10-15-8-4-5-9-16(15)18(17)13-20-12-14-6-2-1-3-7-14/h1-9H,10-13H2. The van der Waals surface area contributed by atoms with Crippen molar-refractivity contribution in [3.05, 3.63) is 65.7 Å². The Morgan fingerprint density at radius 2 is 1.70 bits per heavy atom. The molecule has 0 saturated carbocycles. The van der Waals surface area contributed by atoms with E-state index < -0.39 is 0 Å². The number of rotatable bonds is 4. The molecule has 0 fully saturated rings. The molecular weight excluding hydrogens is 250 g/mol. The first kappa shape index (κ1) is 12.9. The summed E-state index contributed by atoms with van der Waals surface area (Å²) in [5.74, 6) is 0.136. The highest BCUT2D eigenvalue weighted by atomic mass is 16.5. The fraction of sp³-hybridized carbons (Fsp3) is 0.235. The lowest BCUT2D eigenvalue weighted by Crippen LogP contribution is -2.36. The second-order valence-electron chi connectivity index (χ2n) is 4.91. The smallest absolute Gasteiger partial charge is 0.229 e. The summed E-state index contributed by atoms with van der Waals surface area (Å²) in [5, 5.41) is 0. The summed E-state index contributed by atoms with van der Waals surface area (Å²) in [6, 6.07) is 18.0. The molecule has 102 valence electrons. The first-order chi connectivity index (χ1) is 9.84. The van der Waals surface area contributed by atoms with Gasteiger partial charge in [0.25, 0.3) is 0 Å². The molecule has 2 aromatic rings. The van der Waals surface area contributed by atoms with Crippen molar-refractivity contribution in [2.45, 2.75) is 19.4 Å². The number of aryl methyl sites for hydroxylation is 1. The third-order valence-corrected chi connectivity index (χ3v) is 3.52. The molecule has 0 atom stereocenters. The Hall–Kier alpha value is -2.13. The van der Waals surface area contributed by atoms with Crippen molar-refractivity contribution in [3.63, 3.8) is 0 Å². The molecule has 0 unspecified atom stereocenters. The molecule has 1 aliphatic rings. The highest BCUT2D eigenvalue weighted by Gasteiger charge is 2.23. The van der Waals surface area contributed by atoms with Gasteiger partial charge in [-0.15, -0.1) is 0 Å². The van der Waals surface area contributed by atoms with Crippen LogP contribution in [-0.2, 0) is 22.6 Å². The van der Waals surface area contributed by atoms with Gasteiger partial charge in [0.15, 0.2) is 0 Å². The number of anilines is 1. The molecule has 20 heavy (non-hydrogen) atoms. The van der Waals surface area contributed by atoms with Crippen LogP contribution in [0.25, 0.3) is 0 Å². The summed E-state index contributed by atoms with van der Waals surface area (Å²) >= 11 is 0. The number of carbonyl (C=O) groups is 1. The minimum Gasteiger partial charge on any atom is -0.356 e. The van der Waals surface area contributed by atoms with Crippen LogP contribution in [0.1, 0.15) is 17.5 Å². The minimum absolute atomic E-state index is 0.136. The molecular formula is C17H17NO2. The molecule has 3 nitrogen and oxygen atoms in total. The van der Waals surface area contributed by atoms with Crippen LogP contribution in [-0.4, -0.2) is 12.6 Å². The molecule has 0 aliphatic carbocycles. The maximum absolute atomic E-state index is 12.0. The summed E-state index contributed by atoms with van der Waals surface area (Å²) in [6.07, 6.45) is 1.38. The second-order valence-corrected chi connectivity index (χ2v) is 4.91. The van der Waals surface area contributed by atoms with Crippen LogP contribution >= 0.6 is 0 Å². The third kappa shape index (κ3) is 2.73. The van der Waals surface area contributed by atoms with E-state index in [0.29, 0.717) is 19.8 Å². The number of hydrogen-bond donors (Lipinski definition) is 0. The SMILES string of the molecule is O=C1CCc2ccccc2N1COCc1ccccc1. The molecule has 0 aromatic heterocycles. The van der Waals surface area contributed by atoms with Crippen LogP contribution < -0.4 is 4.90 Å². The van der Waals surface area contributed by atoms with E-state index in [0.717, 1.165) is 17.7 Å². The monoisotopic (exact) mass is 267 g/mol. The molecule has 0 N–H and O–H groups in total. The Labute approximate surface area is 118 Å². The highest BCUT2D eigenvalue weighted by molar-refractivity contribution is 5.96. The molecule has 1 heterocycles. The zero-order valence-corrected chi connectivity index (χ0v) is 11.3. The van der Waals surface area contributed by atoms with Crippen molar-refractivity contribution in [1.82, 2.24) is 0 Å². The largest absolute Gasteiger partial charge is 0.356 e. The van der Waals surface area contributed by atoms with E-state index >= 15 is 0 Å². The summed E-state index contributed by atoms with van der Waals surface area (Å²) in [5.41, 5.74) is 3.32. The lowest BCUT2D eigenvalue weighted by Gasteiger charge is -2.29. The number of para-hydroxylation sites is 1. The number of ether oxygens (including phenoxy) is 1. The van der Waals surface area contributed by atoms with E-state index in [1.165, 1.54) is 5.56 Å². The van der Waals surface area contributed by atoms with Crippen LogP contribution in [0, 0.1) is 0 Å². The minimum atomic E-state index is 0.136. The first-order valence-corrected chi connectivity index (χ1v) is 6.84. The number of hydrogen-bond acceptors (Lipinski definition) is 2. The van der Waals surface area contributed by atoms with Gasteiger partial charge in [-0.05, 0) is 23.6 Å². The molecule has 0 bridgehead atoms. The highest BCUT2D eigenvalue weighted by Crippen LogP contribution is 2.27. The fourth-order valence-electron chi connectivity index (χ4n) is 2.47. The van der Waals surface area contributed by atoms with Gasteiger partial charge in [-0.25, -0.2) is 0 Å². The predicted molar refractivity (Wildman–Crippen MR) is 78.3 cm³/mol. The van der Waals surface area contributed by atoms with E-state index in [1.54, 1.807) is 4.90 Å². The summed E-state index contributed by atoms with van der Waals surface area (Å²) in [4.78, 5) is 13.8. The average Bonchev–Trinajstić information content (AvgIpc) is 2.50. The van der Waals surface area contributed by atoms with Crippen molar-refractivity contribution in [3.8, 4) is 0 Å². The molecule has 1 amide bonds. The lowest BCUT2D eigenvalue weighted by atomic mass is 10.0. The topological polar surface area (TPSA) is 29.5 Å². The zero-order valence-electron chi connectivity index (χ0n) is 11.3. The number of carbonyl (C=O) groups excluding carboxylic acids is 1. The number of benzene rings is 2. The van der Waals surface area contributed by atoms with Crippen molar-refractivity contribution >= 4 is 11.6 Å². The summed E-state index contributed by atoms with van der Waals surface area (Å²) in [6.45, 7) is 0.831. The maximum atomic E-state index is 12.0. The van der Waals surface area contributed by atoms with Crippen LogP contribution in [0.4, 0.5) is 5.69 Å². The van der Waals surface area contributed by atoms with E-state index in [2.05, 4.69) is 6.07 Å². The van der Waals surface area contributed by atoms with Gasteiger partial charge in [-0.3, -0.25) is 9.69 Å². The van der Waals surface area contributed by atoms with E-state index in [1.807, 2.05) is 48.5 Å². The molecule has 1 aliphatic heterocycles. The van der Waals surface area contributed by atoms with Gasteiger partial charge in [0.05, 0.1) is 6.61 Å². The molecule has 0 radical (unpaired) electrons. The van der Waals surface area contributed by atoms with Crippen LogP contribution in [0.15, 0.2) is 54.6 Å². The molecule has 3 rings (SSSR count). The van der Waals surface area contributed by atoms with Crippen molar-refractivity contribution in [1.29, 1.82) is 0 Å². The summed E-state index contributed by atoms with van der Waals surface area (Å²) in [7, 11) is 0. The average molecular weight is 267 g/mol. The zero-order chi connectivity index (χ0) is 13.8. The van der Waals surface area contributed by atoms with Gasteiger partial charge in [0, 0.05) is 12.1 Å². The predicted octanol–water partition coefficient (Wildman–Crippen LogP) is 3.14. The van der Waals surface area contributed by atoms with Gasteiger partial charge in [0.2, 0.25) is 5.91 Å². The molecule has 3 heteroatoms.